The molecule has 5 nitrogen and oxygen atoms in total. The van der Waals surface area contributed by atoms with Gasteiger partial charge in [-0.05, 0) is 38.8 Å². The second-order valence-electron chi connectivity index (χ2n) is 7.25. The predicted molar refractivity (Wildman–Crippen MR) is 96.2 cm³/mol. The fourth-order valence-corrected chi connectivity index (χ4v) is 4.51. The Balaban J connectivity index is 1.42. The van der Waals surface area contributed by atoms with Crippen LogP contribution in [0.3, 0.4) is 0 Å². The summed E-state index contributed by atoms with van der Waals surface area (Å²) in [6.45, 7) is 11.5. The first-order valence-electron chi connectivity index (χ1n) is 8.90. The molecule has 130 valence electrons. The van der Waals surface area contributed by atoms with Crippen LogP contribution in [0.25, 0.3) is 0 Å². The van der Waals surface area contributed by atoms with Crippen LogP contribution in [0.5, 0.6) is 0 Å². The quantitative estimate of drug-likeness (QED) is 0.886. The highest BCUT2D eigenvalue weighted by Crippen LogP contribution is 2.23. The lowest BCUT2D eigenvalue weighted by atomic mass is 9.99. The van der Waals surface area contributed by atoms with Gasteiger partial charge in [-0.15, -0.1) is 11.3 Å². The van der Waals surface area contributed by atoms with Gasteiger partial charge >= 0.3 is 0 Å². The van der Waals surface area contributed by atoms with E-state index in [4.69, 9.17) is 0 Å². The van der Waals surface area contributed by atoms with Crippen molar-refractivity contribution in [2.45, 2.75) is 38.8 Å². The predicted octanol–water partition coefficient (Wildman–Crippen LogP) is 1.75. The van der Waals surface area contributed by atoms with E-state index in [-0.39, 0.29) is 6.10 Å². The summed E-state index contributed by atoms with van der Waals surface area (Å²) in [5.74, 6) is 0.850. The van der Waals surface area contributed by atoms with Crippen LogP contribution in [-0.2, 0) is 0 Å². The van der Waals surface area contributed by atoms with Crippen LogP contribution in [-0.4, -0.2) is 77.8 Å². The van der Waals surface area contributed by atoms with Crippen molar-refractivity contribution in [2.24, 2.45) is 5.92 Å². The van der Waals surface area contributed by atoms with Gasteiger partial charge in [0.1, 0.15) is 0 Å². The standard InChI is InChI=1S/C17H30N4OS/c1-14-3-6-19(7-4-14)12-16(22)13-20-8-9-21(15(2)11-20)17-18-5-10-23-17/h5,10,14-16,22H,3-4,6-9,11-13H2,1-2H3/t15-,16+/m0/s1. The molecule has 0 radical (unpaired) electrons. The van der Waals surface area contributed by atoms with Crippen molar-refractivity contribution in [3.63, 3.8) is 0 Å². The van der Waals surface area contributed by atoms with Gasteiger partial charge in [0.25, 0.3) is 0 Å². The van der Waals surface area contributed by atoms with Crippen molar-refractivity contribution in [1.82, 2.24) is 14.8 Å². The number of thiazole rings is 1. The molecule has 0 aromatic carbocycles. The molecule has 0 bridgehead atoms. The largest absolute Gasteiger partial charge is 0.390 e. The van der Waals surface area contributed by atoms with Gasteiger partial charge in [0, 0.05) is 50.3 Å². The number of rotatable bonds is 5. The van der Waals surface area contributed by atoms with E-state index in [0.717, 1.165) is 56.9 Å². The summed E-state index contributed by atoms with van der Waals surface area (Å²) < 4.78 is 0. The van der Waals surface area contributed by atoms with E-state index in [1.807, 2.05) is 11.6 Å². The number of aromatic nitrogens is 1. The van der Waals surface area contributed by atoms with Gasteiger partial charge in [-0.3, -0.25) is 4.90 Å². The molecule has 0 unspecified atom stereocenters. The smallest absolute Gasteiger partial charge is 0.185 e. The van der Waals surface area contributed by atoms with Gasteiger partial charge in [0.15, 0.2) is 5.13 Å². The minimum Gasteiger partial charge on any atom is -0.390 e. The molecule has 0 aliphatic carbocycles. The summed E-state index contributed by atoms with van der Waals surface area (Å²) in [5, 5.41) is 13.6. The lowest BCUT2D eigenvalue weighted by molar-refractivity contribution is 0.0564. The third-order valence-corrected chi connectivity index (χ3v) is 6.00. The van der Waals surface area contributed by atoms with Crippen molar-refractivity contribution >= 4 is 16.5 Å². The fraction of sp³-hybridized carbons (Fsp3) is 0.824. The summed E-state index contributed by atoms with van der Waals surface area (Å²) in [6, 6.07) is 0.456. The molecule has 1 aromatic rings. The maximum absolute atomic E-state index is 10.4. The third kappa shape index (κ3) is 4.66. The third-order valence-electron chi connectivity index (χ3n) is 5.19. The lowest BCUT2D eigenvalue weighted by Gasteiger charge is -2.41. The van der Waals surface area contributed by atoms with Gasteiger partial charge < -0.3 is 14.9 Å². The first-order valence-corrected chi connectivity index (χ1v) is 9.78. The highest BCUT2D eigenvalue weighted by Gasteiger charge is 2.27. The van der Waals surface area contributed by atoms with Gasteiger partial charge in [0.2, 0.25) is 0 Å². The highest BCUT2D eigenvalue weighted by molar-refractivity contribution is 7.13. The van der Waals surface area contributed by atoms with Crippen LogP contribution in [0, 0.1) is 5.92 Å². The molecule has 1 aromatic heterocycles. The molecule has 2 atom stereocenters. The number of hydrogen-bond acceptors (Lipinski definition) is 6. The lowest BCUT2D eigenvalue weighted by Crippen LogP contribution is -2.54. The molecule has 2 saturated heterocycles. The van der Waals surface area contributed by atoms with Crippen LogP contribution in [0.1, 0.15) is 26.7 Å². The Morgan fingerprint density at radius 1 is 1.17 bits per heavy atom. The molecular formula is C17H30N4OS. The Hall–Kier alpha value is -0.690. The van der Waals surface area contributed by atoms with Crippen molar-refractivity contribution in [2.75, 3.05) is 50.7 Å². The SMILES string of the molecule is CC1CCN(C[C@@H](O)CN2CCN(c3nccs3)[C@@H](C)C2)CC1. The summed E-state index contributed by atoms with van der Waals surface area (Å²) in [6.07, 6.45) is 4.19. The topological polar surface area (TPSA) is 42.8 Å². The van der Waals surface area contributed by atoms with Crippen molar-refractivity contribution in [3.05, 3.63) is 11.6 Å². The normalized spacial score (nSPS) is 26.6. The molecule has 23 heavy (non-hydrogen) atoms. The van der Waals surface area contributed by atoms with Crippen molar-refractivity contribution in [1.29, 1.82) is 0 Å². The number of anilines is 1. The van der Waals surface area contributed by atoms with Crippen LogP contribution < -0.4 is 4.90 Å². The van der Waals surface area contributed by atoms with Crippen molar-refractivity contribution in [3.8, 4) is 0 Å². The number of likely N-dealkylation sites (tertiary alicyclic amines) is 1. The Labute approximate surface area is 143 Å². The number of hydrogen-bond donors (Lipinski definition) is 1. The number of nitrogens with zero attached hydrogens (tertiary/aromatic N) is 4. The summed E-state index contributed by atoms with van der Waals surface area (Å²) in [4.78, 5) is 11.7. The Kier molecular flexibility index (Phi) is 5.91. The van der Waals surface area contributed by atoms with E-state index in [0.29, 0.717) is 6.04 Å². The second kappa shape index (κ2) is 7.92. The average molecular weight is 339 g/mol. The van der Waals surface area contributed by atoms with Crippen LogP contribution >= 0.6 is 11.3 Å². The van der Waals surface area contributed by atoms with Crippen LogP contribution in [0.4, 0.5) is 5.13 Å². The molecular weight excluding hydrogens is 308 g/mol. The van der Waals surface area contributed by atoms with Crippen LogP contribution in [0.15, 0.2) is 11.6 Å². The summed E-state index contributed by atoms with van der Waals surface area (Å²) in [7, 11) is 0. The van der Waals surface area contributed by atoms with E-state index in [1.54, 1.807) is 11.3 Å². The molecule has 3 rings (SSSR count). The van der Waals surface area contributed by atoms with Gasteiger partial charge in [-0.25, -0.2) is 4.98 Å². The van der Waals surface area contributed by atoms with E-state index >= 15 is 0 Å². The first-order chi connectivity index (χ1) is 11.1. The Bertz CT molecular complexity index is 461. The minimum absolute atomic E-state index is 0.234. The van der Waals surface area contributed by atoms with Crippen LogP contribution in [0.2, 0.25) is 0 Å². The van der Waals surface area contributed by atoms with E-state index in [2.05, 4.69) is 33.5 Å². The molecule has 0 saturated carbocycles. The fourth-order valence-electron chi connectivity index (χ4n) is 3.74. The average Bonchev–Trinajstić information content (AvgIpc) is 3.04. The maximum atomic E-state index is 10.4. The van der Waals surface area contributed by atoms with E-state index < -0.39 is 0 Å². The Morgan fingerprint density at radius 2 is 1.91 bits per heavy atom. The van der Waals surface area contributed by atoms with E-state index in [1.165, 1.54) is 12.8 Å². The molecule has 2 aliphatic rings. The molecule has 0 amide bonds. The molecule has 3 heterocycles. The number of β-amino-alcohol motifs (C(OH)–C–C–N with tert-alkyl or cyclic N) is 1. The van der Waals surface area contributed by atoms with Gasteiger partial charge in [-0.2, -0.15) is 0 Å². The maximum Gasteiger partial charge on any atom is 0.185 e. The zero-order valence-electron chi connectivity index (χ0n) is 14.4. The van der Waals surface area contributed by atoms with E-state index in [9.17, 15) is 5.11 Å². The molecule has 6 heteroatoms. The minimum atomic E-state index is -0.234. The first kappa shape index (κ1) is 17.1. The molecule has 2 fully saturated rings. The second-order valence-corrected chi connectivity index (χ2v) is 8.13. The zero-order valence-corrected chi connectivity index (χ0v) is 15.2. The van der Waals surface area contributed by atoms with Gasteiger partial charge in [0.05, 0.1) is 6.10 Å². The molecule has 2 aliphatic heterocycles. The zero-order chi connectivity index (χ0) is 16.2. The number of piperidine rings is 1. The molecule has 1 N–H and O–H groups in total. The Morgan fingerprint density at radius 3 is 2.57 bits per heavy atom. The number of aliphatic hydroxyl groups excluding tert-OH is 1. The van der Waals surface area contributed by atoms with Gasteiger partial charge in [-0.1, -0.05) is 6.92 Å². The summed E-state index contributed by atoms with van der Waals surface area (Å²) in [5.41, 5.74) is 0. The molecule has 0 spiro atoms. The monoisotopic (exact) mass is 338 g/mol. The summed E-state index contributed by atoms with van der Waals surface area (Å²) >= 11 is 1.71. The number of piperazine rings is 1. The van der Waals surface area contributed by atoms with Crippen molar-refractivity contribution < 1.29 is 5.11 Å². The number of aliphatic hydroxyl groups is 1. The highest BCUT2D eigenvalue weighted by atomic mass is 32.1.